The maximum atomic E-state index is 13.1. The summed E-state index contributed by atoms with van der Waals surface area (Å²) in [5.74, 6) is 4.54. The summed E-state index contributed by atoms with van der Waals surface area (Å²) in [6.07, 6.45) is 5.34. The number of rotatable bonds is 13. The van der Waals surface area contributed by atoms with E-state index in [0.717, 1.165) is 35.2 Å². The molecule has 4 aromatic rings. The number of methoxy groups -OCH3 is 5. The fourth-order valence-corrected chi connectivity index (χ4v) is 6.40. The van der Waals surface area contributed by atoms with E-state index >= 15 is 0 Å². The van der Waals surface area contributed by atoms with Crippen LogP contribution in [0.5, 0.6) is 40.2 Å². The molecule has 0 radical (unpaired) electrons. The average Bonchev–Trinajstić information content (AvgIpc) is 3.12. The molecule has 0 aromatic heterocycles. The summed E-state index contributed by atoms with van der Waals surface area (Å²) in [5, 5.41) is 3.95. The molecule has 1 fully saturated rings. The Morgan fingerprint density at radius 1 is 0.740 bits per heavy atom. The van der Waals surface area contributed by atoms with Crippen LogP contribution in [0.1, 0.15) is 46.1 Å². The van der Waals surface area contributed by atoms with Crippen LogP contribution < -0.4 is 38.5 Å². The van der Waals surface area contributed by atoms with Crippen molar-refractivity contribution in [3.05, 3.63) is 94.0 Å². The zero-order valence-corrected chi connectivity index (χ0v) is 29.7. The summed E-state index contributed by atoms with van der Waals surface area (Å²) < 4.78 is 40.3. The van der Waals surface area contributed by atoms with Gasteiger partial charge in [0.25, 0.3) is 5.91 Å². The van der Waals surface area contributed by atoms with E-state index in [-0.39, 0.29) is 18.2 Å². The van der Waals surface area contributed by atoms with E-state index < -0.39 is 0 Å². The van der Waals surface area contributed by atoms with Crippen LogP contribution in [0.2, 0.25) is 5.02 Å². The highest BCUT2D eigenvalue weighted by molar-refractivity contribution is 6.31. The molecule has 50 heavy (non-hydrogen) atoms. The number of hydrogen-bond acceptors (Lipinski definition) is 9. The highest BCUT2D eigenvalue weighted by atomic mass is 35.5. The minimum atomic E-state index is -0.371. The zero-order chi connectivity index (χ0) is 35.4. The molecule has 11 heteroatoms. The van der Waals surface area contributed by atoms with E-state index in [1.54, 1.807) is 59.6 Å². The fraction of sp³-hybridized carbons (Fsp3) is 0.308. The van der Waals surface area contributed by atoms with Gasteiger partial charge >= 0.3 is 0 Å². The molecular weight excluding hydrogens is 660 g/mol. The van der Waals surface area contributed by atoms with Crippen LogP contribution in [-0.2, 0) is 0 Å². The maximum absolute atomic E-state index is 13.1. The van der Waals surface area contributed by atoms with E-state index in [1.165, 1.54) is 0 Å². The van der Waals surface area contributed by atoms with Gasteiger partial charge in [0.2, 0.25) is 5.75 Å². The number of hydrogen-bond donors (Lipinski definition) is 1. The Kier molecular flexibility index (Phi) is 10.5. The summed E-state index contributed by atoms with van der Waals surface area (Å²) in [6, 6.07) is 20.7. The van der Waals surface area contributed by atoms with Crippen LogP contribution in [0.3, 0.4) is 0 Å². The van der Waals surface area contributed by atoms with Gasteiger partial charge in [-0.2, -0.15) is 0 Å². The lowest BCUT2D eigenvalue weighted by atomic mass is 9.83. The normalized spacial score (nSPS) is 18.1. The van der Waals surface area contributed by atoms with Crippen molar-refractivity contribution in [2.24, 2.45) is 5.92 Å². The molecule has 0 bridgehead atoms. The van der Waals surface area contributed by atoms with Gasteiger partial charge < -0.3 is 43.4 Å². The molecular formula is C39H41ClN2O8. The Morgan fingerprint density at radius 2 is 1.40 bits per heavy atom. The maximum Gasteiger partial charge on any atom is 0.257 e. The van der Waals surface area contributed by atoms with Gasteiger partial charge in [0.05, 0.1) is 53.8 Å². The number of halogens is 1. The standard InChI is InChI=1S/C39H41ClN2O8/c1-42-38(41-30-12-11-27(40)21-29(30)39(42)43)26-10-14-32(33(20-26)45-3)49-22-25-15-28(16-25)50-34-17-23(9-13-31(34)44-2)7-8-24-18-35(46-4)37(48-6)36(19-24)47-5/h7-14,17-21,25,28,38,41H,15-16,22H2,1-6H3/b8-7-. The Morgan fingerprint density at radius 3 is 2.08 bits per heavy atom. The van der Waals surface area contributed by atoms with Crippen LogP contribution in [0.15, 0.2) is 66.7 Å². The molecule has 1 atom stereocenters. The predicted octanol–water partition coefficient (Wildman–Crippen LogP) is 7.99. The molecule has 1 aliphatic heterocycles. The van der Waals surface area contributed by atoms with Gasteiger partial charge in [-0.25, -0.2) is 0 Å². The molecule has 1 amide bonds. The first kappa shape index (κ1) is 34.6. The van der Waals surface area contributed by atoms with E-state index in [1.807, 2.05) is 66.7 Å². The summed E-state index contributed by atoms with van der Waals surface area (Å²) in [5.41, 5.74) is 4.01. The Balaban J connectivity index is 1.06. The number of amides is 1. The number of carbonyl (C=O) groups excluding carboxylic acids is 1. The third kappa shape index (κ3) is 7.21. The first-order valence-electron chi connectivity index (χ1n) is 16.2. The highest BCUT2D eigenvalue weighted by Crippen LogP contribution is 2.41. The van der Waals surface area contributed by atoms with Crippen LogP contribution in [0.4, 0.5) is 5.69 Å². The summed E-state index contributed by atoms with van der Waals surface area (Å²) in [7, 11) is 9.79. The summed E-state index contributed by atoms with van der Waals surface area (Å²) >= 11 is 6.13. The lowest BCUT2D eigenvalue weighted by molar-refractivity contribution is 0.0363. The van der Waals surface area contributed by atoms with Crippen LogP contribution >= 0.6 is 11.6 Å². The van der Waals surface area contributed by atoms with Crippen molar-refractivity contribution >= 4 is 35.3 Å². The topological polar surface area (TPSA) is 97.0 Å². The summed E-state index contributed by atoms with van der Waals surface area (Å²) in [6.45, 7) is 0.526. The monoisotopic (exact) mass is 700 g/mol. The van der Waals surface area contributed by atoms with Crippen molar-refractivity contribution < 1.29 is 38.0 Å². The van der Waals surface area contributed by atoms with E-state index in [9.17, 15) is 4.79 Å². The quantitative estimate of drug-likeness (QED) is 0.139. The summed E-state index contributed by atoms with van der Waals surface area (Å²) in [4.78, 5) is 14.7. The zero-order valence-electron chi connectivity index (χ0n) is 29.0. The van der Waals surface area contributed by atoms with E-state index in [4.69, 9.17) is 44.8 Å². The number of nitrogens with zero attached hydrogens (tertiary/aromatic N) is 1. The number of benzene rings is 4. The lowest BCUT2D eigenvalue weighted by Crippen LogP contribution is -2.40. The van der Waals surface area contributed by atoms with Gasteiger partial charge in [0.15, 0.2) is 34.5 Å². The molecule has 1 aliphatic carbocycles. The van der Waals surface area contributed by atoms with E-state index in [2.05, 4.69) is 5.32 Å². The predicted molar refractivity (Wildman–Crippen MR) is 194 cm³/mol. The first-order chi connectivity index (χ1) is 24.2. The second-order valence-electron chi connectivity index (χ2n) is 12.2. The second-order valence-corrected chi connectivity index (χ2v) is 12.6. The van der Waals surface area contributed by atoms with Gasteiger partial charge in [0, 0.05) is 17.8 Å². The first-order valence-corrected chi connectivity index (χ1v) is 16.6. The average molecular weight is 701 g/mol. The Bertz CT molecular complexity index is 1870. The largest absolute Gasteiger partial charge is 0.493 e. The van der Waals surface area contributed by atoms with Crippen molar-refractivity contribution in [1.82, 2.24) is 4.90 Å². The van der Waals surface area contributed by atoms with Crippen molar-refractivity contribution in [2.75, 3.05) is 54.5 Å². The molecule has 0 saturated heterocycles. The van der Waals surface area contributed by atoms with Crippen molar-refractivity contribution in [1.29, 1.82) is 0 Å². The van der Waals surface area contributed by atoms with Crippen molar-refractivity contribution in [2.45, 2.75) is 25.1 Å². The highest BCUT2D eigenvalue weighted by Gasteiger charge is 2.33. The van der Waals surface area contributed by atoms with Gasteiger partial charge in [-0.3, -0.25) is 4.79 Å². The molecule has 10 nitrogen and oxygen atoms in total. The third-order valence-corrected chi connectivity index (χ3v) is 9.25. The van der Waals surface area contributed by atoms with Gasteiger partial charge in [-0.05, 0) is 90.0 Å². The van der Waals surface area contributed by atoms with E-state index in [0.29, 0.717) is 63.4 Å². The van der Waals surface area contributed by atoms with Crippen LogP contribution in [0, 0.1) is 5.92 Å². The molecule has 1 heterocycles. The number of carbonyl (C=O) groups is 1. The molecule has 262 valence electrons. The molecule has 0 spiro atoms. The molecule has 1 saturated carbocycles. The number of nitrogens with one attached hydrogen (secondary N) is 1. The van der Waals surface area contributed by atoms with Gasteiger partial charge in [0.1, 0.15) is 6.17 Å². The smallest absolute Gasteiger partial charge is 0.257 e. The van der Waals surface area contributed by atoms with Gasteiger partial charge in [-0.15, -0.1) is 0 Å². The SMILES string of the molecule is COc1cc(C2Nc3ccc(Cl)cc3C(=O)N2C)ccc1OCC1CC(Oc2cc(/C=C\c3cc(OC)c(OC)c(OC)c3)ccc2OC)C1. The van der Waals surface area contributed by atoms with Crippen molar-refractivity contribution in [3.63, 3.8) is 0 Å². The minimum absolute atomic E-state index is 0.0410. The number of ether oxygens (including phenoxy) is 7. The van der Waals surface area contributed by atoms with Crippen molar-refractivity contribution in [3.8, 4) is 40.2 Å². The fourth-order valence-electron chi connectivity index (χ4n) is 6.22. The Labute approximate surface area is 297 Å². The molecule has 6 rings (SSSR count). The Hall–Kier alpha value is -5.22. The molecule has 2 aliphatic rings. The molecule has 4 aromatic carbocycles. The van der Waals surface area contributed by atoms with Crippen LogP contribution in [0.25, 0.3) is 12.2 Å². The molecule has 1 unspecified atom stereocenters. The van der Waals surface area contributed by atoms with Gasteiger partial charge in [-0.1, -0.05) is 35.9 Å². The number of fused-ring (bicyclic) bond motifs is 1. The number of anilines is 1. The second kappa shape index (κ2) is 15.1. The third-order valence-electron chi connectivity index (χ3n) is 9.02. The van der Waals surface area contributed by atoms with Crippen LogP contribution in [-0.4, -0.2) is 66.1 Å². The molecule has 1 N–H and O–H groups in total. The minimum Gasteiger partial charge on any atom is -0.493 e. The lowest BCUT2D eigenvalue weighted by Gasteiger charge is -2.36.